The summed E-state index contributed by atoms with van der Waals surface area (Å²) in [6.07, 6.45) is -3.32. The molecule has 27 heavy (non-hydrogen) atoms. The van der Waals surface area contributed by atoms with E-state index >= 15 is 0 Å². The first-order chi connectivity index (χ1) is 13.0. The fraction of sp³-hybridized carbons (Fsp3) is 0.111. The number of nitrogens with zero attached hydrogens (tertiary/aromatic N) is 4. The van der Waals surface area contributed by atoms with Crippen LogP contribution in [0.25, 0.3) is 22.3 Å². The van der Waals surface area contributed by atoms with Gasteiger partial charge in [0.25, 0.3) is 0 Å². The summed E-state index contributed by atoms with van der Waals surface area (Å²) >= 11 is 0. The number of hydrogen-bond acceptors (Lipinski definition) is 6. The predicted octanol–water partition coefficient (Wildman–Crippen LogP) is 4.28. The van der Waals surface area contributed by atoms with Crippen LogP contribution in [-0.4, -0.2) is 20.1 Å². The zero-order chi connectivity index (χ0) is 18.9. The van der Waals surface area contributed by atoms with Crippen LogP contribution in [0.1, 0.15) is 11.6 Å². The quantitative estimate of drug-likeness (QED) is 0.532. The van der Waals surface area contributed by atoms with Crippen molar-refractivity contribution in [2.24, 2.45) is 0 Å². The minimum Gasteiger partial charge on any atom is -0.471 e. The number of hydrogen-bond donors (Lipinski definition) is 0. The van der Waals surface area contributed by atoms with Crippen molar-refractivity contribution in [2.45, 2.75) is 12.8 Å². The van der Waals surface area contributed by atoms with Gasteiger partial charge in [-0.15, -0.1) is 0 Å². The summed E-state index contributed by atoms with van der Waals surface area (Å²) in [4.78, 5) is 11.9. The second kappa shape index (κ2) is 6.67. The molecule has 6 nitrogen and oxygen atoms in total. The number of benzene rings is 1. The van der Waals surface area contributed by atoms with E-state index in [1.165, 1.54) is 6.20 Å². The molecule has 0 amide bonds. The number of pyridine rings is 2. The van der Waals surface area contributed by atoms with E-state index in [1.54, 1.807) is 18.2 Å². The van der Waals surface area contributed by atoms with Gasteiger partial charge in [0.1, 0.15) is 6.61 Å². The molecule has 0 saturated carbocycles. The molecule has 4 aromatic rings. The van der Waals surface area contributed by atoms with Crippen molar-refractivity contribution in [3.8, 4) is 17.3 Å². The molecule has 0 aliphatic rings. The molecule has 0 spiro atoms. The molecule has 4 rings (SSSR count). The Labute approximate surface area is 150 Å². The summed E-state index contributed by atoms with van der Waals surface area (Å²) in [7, 11) is 0. The fourth-order valence-electron chi connectivity index (χ4n) is 2.37. The van der Waals surface area contributed by atoms with E-state index in [9.17, 15) is 13.2 Å². The molecule has 3 aromatic heterocycles. The van der Waals surface area contributed by atoms with Crippen LogP contribution in [-0.2, 0) is 12.8 Å². The van der Waals surface area contributed by atoms with E-state index in [0.717, 1.165) is 10.9 Å². The number of halogens is 3. The first-order valence-electron chi connectivity index (χ1n) is 7.84. The van der Waals surface area contributed by atoms with Crippen LogP contribution >= 0.6 is 0 Å². The monoisotopic (exact) mass is 372 g/mol. The van der Waals surface area contributed by atoms with E-state index in [2.05, 4.69) is 24.6 Å². The fourth-order valence-corrected chi connectivity index (χ4v) is 2.37. The van der Waals surface area contributed by atoms with Crippen LogP contribution in [0.5, 0.6) is 5.88 Å². The lowest BCUT2D eigenvalue weighted by atomic mass is 10.2. The number of rotatable bonds is 4. The number of fused-ring (bicyclic) bond motifs is 1. The summed E-state index contributed by atoms with van der Waals surface area (Å²) in [5.74, 6) is -1.13. The van der Waals surface area contributed by atoms with Crippen molar-refractivity contribution in [3.05, 3.63) is 66.3 Å². The van der Waals surface area contributed by atoms with E-state index in [4.69, 9.17) is 4.74 Å². The van der Waals surface area contributed by atoms with Gasteiger partial charge in [-0.05, 0) is 24.3 Å². The molecule has 3 heterocycles. The Morgan fingerprint density at radius 3 is 2.56 bits per heavy atom. The van der Waals surface area contributed by atoms with Crippen LogP contribution in [0.3, 0.4) is 0 Å². The molecule has 0 atom stereocenters. The van der Waals surface area contributed by atoms with Gasteiger partial charge in [-0.25, -0.2) is 4.98 Å². The summed E-state index contributed by atoms with van der Waals surface area (Å²) in [6, 6.07) is 14.5. The van der Waals surface area contributed by atoms with Gasteiger partial charge in [0.2, 0.25) is 11.7 Å². The Bertz CT molecular complexity index is 1080. The second-order valence-electron chi connectivity index (χ2n) is 5.59. The van der Waals surface area contributed by atoms with Crippen molar-refractivity contribution < 1.29 is 22.4 Å². The molecule has 0 aliphatic carbocycles. The van der Waals surface area contributed by atoms with Gasteiger partial charge in [0.05, 0.1) is 11.2 Å². The molecule has 0 radical (unpaired) electrons. The smallest absolute Gasteiger partial charge is 0.471 e. The van der Waals surface area contributed by atoms with Crippen molar-refractivity contribution >= 4 is 10.9 Å². The number of alkyl halides is 3. The lowest BCUT2D eigenvalue weighted by molar-refractivity contribution is -0.159. The topological polar surface area (TPSA) is 73.9 Å². The molecule has 136 valence electrons. The van der Waals surface area contributed by atoms with Crippen LogP contribution in [0.4, 0.5) is 13.2 Å². The second-order valence-corrected chi connectivity index (χ2v) is 5.59. The van der Waals surface area contributed by atoms with Gasteiger partial charge in [0, 0.05) is 23.2 Å². The highest BCUT2D eigenvalue weighted by molar-refractivity contribution is 5.78. The van der Waals surface area contributed by atoms with Gasteiger partial charge >= 0.3 is 12.1 Å². The van der Waals surface area contributed by atoms with Crippen LogP contribution in [0.2, 0.25) is 0 Å². The molecule has 0 bridgehead atoms. The zero-order valence-electron chi connectivity index (χ0n) is 13.6. The molecule has 0 unspecified atom stereocenters. The summed E-state index contributed by atoms with van der Waals surface area (Å²) in [5.41, 5.74) is 1.70. The highest BCUT2D eigenvalue weighted by Gasteiger charge is 2.38. The predicted molar refractivity (Wildman–Crippen MR) is 88.6 cm³/mol. The van der Waals surface area contributed by atoms with E-state index in [0.29, 0.717) is 17.1 Å². The van der Waals surface area contributed by atoms with Crippen LogP contribution < -0.4 is 4.74 Å². The minimum absolute atomic E-state index is 0.158. The maximum Gasteiger partial charge on any atom is 0.471 e. The van der Waals surface area contributed by atoms with Crippen LogP contribution in [0.15, 0.2) is 59.3 Å². The highest BCUT2D eigenvalue weighted by Crippen LogP contribution is 2.29. The largest absolute Gasteiger partial charge is 0.471 e. The molecule has 0 fully saturated rings. The SMILES string of the molecule is FC(F)(F)c1nc(-c2ccc(COc3ccc4ccccc4n3)nc2)no1. The Morgan fingerprint density at radius 1 is 0.963 bits per heavy atom. The minimum atomic E-state index is -4.68. The molecule has 0 N–H and O–H groups in total. The van der Waals surface area contributed by atoms with Gasteiger partial charge in [-0.1, -0.05) is 23.4 Å². The van der Waals surface area contributed by atoms with Crippen LogP contribution in [0, 0.1) is 0 Å². The summed E-state index contributed by atoms with van der Waals surface area (Å²) < 4.78 is 47.3. The average molecular weight is 372 g/mol. The molecule has 9 heteroatoms. The van der Waals surface area contributed by atoms with Gasteiger partial charge < -0.3 is 9.26 Å². The van der Waals surface area contributed by atoms with E-state index in [1.807, 2.05) is 30.3 Å². The molecule has 1 aromatic carbocycles. The molecule has 0 saturated heterocycles. The normalized spacial score (nSPS) is 11.7. The first-order valence-corrected chi connectivity index (χ1v) is 7.84. The Hall–Kier alpha value is -3.49. The Balaban J connectivity index is 1.45. The lowest BCUT2D eigenvalue weighted by Crippen LogP contribution is -2.04. The third-order valence-corrected chi connectivity index (χ3v) is 3.69. The maximum atomic E-state index is 12.5. The number of ether oxygens (including phenoxy) is 1. The Kier molecular flexibility index (Phi) is 4.19. The maximum absolute atomic E-state index is 12.5. The molecule has 0 aliphatic heterocycles. The average Bonchev–Trinajstić information content (AvgIpc) is 3.17. The highest BCUT2D eigenvalue weighted by atomic mass is 19.4. The molecular weight excluding hydrogens is 361 g/mol. The number of para-hydroxylation sites is 1. The van der Waals surface area contributed by atoms with Gasteiger partial charge in [0.15, 0.2) is 0 Å². The first kappa shape index (κ1) is 17.0. The van der Waals surface area contributed by atoms with E-state index < -0.39 is 12.1 Å². The summed E-state index contributed by atoms with van der Waals surface area (Å²) in [6.45, 7) is 0.158. The van der Waals surface area contributed by atoms with Crippen molar-refractivity contribution in [1.82, 2.24) is 20.1 Å². The standard InChI is InChI=1S/C18H11F3N4O2/c19-18(20,21)17-24-16(25-27-17)12-5-7-13(22-9-12)10-26-15-8-6-11-3-1-2-4-14(11)23-15/h1-9H,10H2. The lowest BCUT2D eigenvalue weighted by Gasteiger charge is -2.06. The summed E-state index contributed by atoms with van der Waals surface area (Å²) in [5, 5.41) is 4.32. The van der Waals surface area contributed by atoms with E-state index in [-0.39, 0.29) is 12.4 Å². The third kappa shape index (κ3) is 3.71. The Morgan fingerprint density at radius 2 is 1.81 bits per heavy atom. The molecular formula is C18H11F3N4O2. The zero-order valence-corrected chi connectivity index (χ0v) is 13.6. The number of aromatic nitrogens is 4. The third-order valence-electron chi connectivity index (χ3n) is 3.69. The van der Waals surface area contributed by atoms with Crippen molar-refractivity contribution in [3.63, 3.8) is 0 Å². The van der Waals surface area contributed by atoms with Crippen molar-refractivity contribution in [2.75, 3.05) is 0 Å². The van der Waals surface area contributed by atoms with Crippen molar-refractivity contribution in [1.29, 1.82) is 0 Å². The van der Waals surface area contributed by atoms with Gasteiger partial charge in [-0.2, -0.15) is 18.2 Å². The van der Waals surface area contributed by atoms with Gasteiger partial charge in [-0.3, -0.25) is 4.98 Å².